The number of halogens is 2. The first kappa shape index (κ1) is 16.2. The fourth-order valence-electron chi connectivity index (χ4n) is 1.60. The van der Waals surface area contributed by atoms with E-state index < -0.39 is 9.05 Å². The number of rotatable bonds is 6. The van der Waals surface area contributed by atoms with Crippen molar-refractivity contribution in [3.05, 3.63) is 29.6 Å². The van der Waals surface area contributed by atoms with Crippen LogP contribution in [-0.4, -0.2) is 20.8 Å². The van der Waals surface area contributed by atoms with Crippen LogP contribution >= 0.6 is 10.7 Å². The minimum absolute atomic E-state index is 0.120. The van der Waals surface area contributed by atoms with Crippen LogP contribution in [0.5, 0.6) is 5.75 Å². The Morgan fingerprint density at radius 3 is 2.47 bits per heavy atom. The summed E-state index contributed by atoms with van der Waals surface area (Å²) in [5, 5.41) is 0. The number of hydrogen-bond acceptors (Lipinski definition) is 3. The Labute approximate surface area is 118 Å². The van der Waals surface area contributed by atoms with Crippen molar-refractivity contribution in [3.8, 4) is 5.75 Å². The molecule has 0 aliphatic rings. The molecule has 0 N–H and O–H groups in total. The predicted molar refractivity (Wildman–Crippen MR) is 74.6 cm³/mol. The van der Waals surface area contributed by atoms with Gasteiger partial charge in [0.05, 0.1) is 12.4 Å². The average Bonchev–Trinajstić information content (AvgIpc) is 2.27. The number of ether oxygens (including phenoxy) is 1. The van der Waals surface area contributed by atoms with Gasteiger partial charge >= 0.3 is 0 Å². The van der Waals surface area contributed by atoms with Gasteiger partial charge < -0.3 is 4.74 Å². The fourth-order valence-corrected chi connectivity index (χ4v) is 3.08. The molecule has 1 rings (SSSR count). The summed E-state index contributed by atoms with van der Waals surface area (Å²) in [6.07, 6.45) is 0. The largest absolute Gasteiger partial charge is 0.493 e. The van der Waals surface area contributed by atoms with E-state index in [1.807, 2.05) is 13.8 Å². The minimum atomic E-state index is -3.56. The molecule has 0 aromatic heterocycles. The maximum atomic E-state index is 13.1. The standard InChI is InChI=1S/C13H18ClFO3S/c1-9(2)11(8-19(14,16)17)7-18-12-4-5-13(15)10(3)6-12/h4-6,9,11H,7-8H2,1-3H3. The summed E-state index contributed by atoms with van der Waals surface area (Å²) in [5.74, 6) is 0.0161. The van der Waals surface area contributed by atoms with Crippen LogP contribution < -0.4 is 4.74 Å². The molecule has 0 spiro atoms. The second-order valence-corrected chi connectivity index (χ2v) is 7.75. The molecule has 0 heterocycles. The average molecular weight is 309 g/mol. The van der Waals surface area contributed by atoms with Crippen LogP contribution in [0.4, 0.5) is 4.39 Å². The summed E-state index contributed by atoms with van der Waals surface area (Å²) in [5.41, 5.74) is 0.489. The van der Waals surface area contributed by atoms with Gasteiger partial charge in [0, 0.05) is 16.6 Å². The molecule has 1 aromatic carbocycles. The third-order valence-corrected chi connectivity index (χ3v) is 4.15. The smallest absolute Gasteiger partial charge is 0.233 e. The number of hydrogen-bond donors (Lipinski definition) is 0. The van der Waals surface area contributed by atoms with Crippen molar-refractivity contribution in [2.45, 2.75) is 20.8 Å². The summed E-state index contributed by atoms with van der Waals surface area (Å²) in [6, 6.07) is 4.43. The second-order valence-electron chi connectivity index (χ2n) is 4.93. The van der Waals surface area contributed by atoms with Crippen LogP contribution in [0.3, 0.4) is 0 Å². The molecular weight excluding hydrogens is 291 g/mol. The summed E-state index contributed by atoms with van der Waals surface area (Å²) < 4.78 is 40.9. The molecule has 0 radical (unpaired) electrons. The molecule has 1 unspecified atom stereocenters. The molecule has 0 fully saturated rings. The summed E-state index contributed by atoms with van der Waals surface area (Å²) in [4.78, 5) is 0. The lowest BCUT2D eigenvalue weighted by atomic mass is 9.99. The lowest BCUT2D eigenvalue weighted by Crippen LogP contribution is -2.24. The van der Waals surface area contributed by atoms with E-state index >= 15 is 0 Å². The maximum absolute atomic E-state index is 13.1. The zero-order chi connectivity index (χ0) is 14.6. The highest BCUT2D eigenvalue weighted by molar-refractivity contribution is 8.13. The van der Waals surface area contributed by atoms with Gasteiger partial charge in [0.15, 0.2) is 0 Å². The van der Waals surface area contributed by atoms with Gasteiger partial charge in [-0.2, -0.15) is 0 Å². The van der Waals surface area contributed by atoms with Gasteiger partial charge in [-0.05, 0) is 36.6 Å². The van der Waals surface area contributed by atoms with E-state index in [-0.39, 0.29) is 30.0 Å². The maximum Gasteiger partial charge on any atom is 0.233 e. The molecular formula is C13H18ClFO3S. The topological polar surface area (TPSA) is 43.4 Å². The van der Waals surface area contributed by atoms with E-state index in [1.54, 1.807) is 13.0 Å². The molecule has 0 bridgehead atoms. The van der Waals surface area contributed by atoms with Crippen LogP contribution in [0.15, 0.2) is 18.2 Å². The van der Waals surface area contributed by atoms with E-state index in [9.17, 15) is 12.8 Å². The SMILES string of the molecule is Cc1cc(OCC(CS(=O)(=O)Cl)C(C)C)ccc1F. The van der Waals surface area contributed by atoms with Crippen molar-refractivity contribution in [3.63, 3.8) is 0 Å². The Hall–Kier alpha value is -0.810. The van der Waals surface area contributed by atoms with E-state index in [4.69, 9.17) is 15.4 Å². The van der Waals surface area contributed by atoms with Gasteiger partial charge in [0.25, 0.3) is 0 Å². The highest BCUT2D eigenvalue weighted by Gasteiger charge is 2.21. The van der Waals surface area contributed by atoms with Crippen molar-refractivity contribution >= 4 is 19.7 Å². The van der Waals surface area contributed by atoms with E-state index in [2.05, 4.69) is 0 Å². The third kappa shape index (κ3) is 5.78. The van der Waals surface area contributed by atoms with E-state index in [0.29, 0.717) is 11.3 Å². The summed E-state index contributed by atoms with van der Waals surface area (Å²) >= 11 is 0. The Balaban J connectivity index is 2.68. The molecule has 108 valence electrons. The summed E-state index contributed by atoms with van der Waals surface area (Å²) in [6.45, 7) is 5.69. The van der Waals surface area contributed by atoms with Crippen molar-refractivity contribution < 1.29 is 17.5 Å². The van der Waals surface area contributed by atoms with Crippen LogP contribution in [-0.2, 0) is 9.05 Å². The first-order chi connectivity index (χ1) is 8.69. The first-order valence-corrected chi connectivity index (χ1v) is 8.48. The Morgan fingerprint density at radius 2 is 2.00 bits per heavy atom. The molecule has 3 nitrogen and oxygen atoms in total. The quantitative estimate of drug-likeness (QED) is 0.757. The zero-order valence-corrected chi connectivity index (χ0v) is 12.8. The van der Waals surface area contributed by atoms with E-state index in [1.165, 1.54) is 12.1 Å². The number of benzene rings is 1. The van der Waals surface area contributed by atoms with Crippen LogP contribution in [0, 0.1) is 24.6 Å². The summed E-state index contributed by atoms with van der Waals surface area (Å²) in [7, 11) is 1.71. The highest BCUT2D eigenvalue weighted by atomic mass is 35.7. The zero-order valence-electron chi connectivity index (χ0n) is 11.2. The fraction of sp³-hybridized carbons (Fsp3) is 0.538. The van der Waals surface area contributed by atoms with Gasteiger partial charge in [-0.3, -0.25) is 0 Å². The molecule has 1 atom stereocenters. The molecule has 19 heavy (non-hydrogen) atoms. The minimum Gasteiger partial charge on any atom is -0.493 e. The van der Waals surface area contributed by atoms with E-state index in [0.717, 1.165) is 0 Å². The van der Waals surface area contributed by atoms with Crippen molar-refractivity contribution in [1.82, 2.24) is 0 Å². The molecule has 6 heteroatoms. The van der Waals surface area contributed by atoms with Crippen LogP contribution in [0.2, 0.25) is 0 Å². The molecule has 0 saturated carbocycles. The van der Waals surface area contributed by atoms with Gasteiger partial charge in [-0.1, -0.05) is 13.8 Å². The van der Waals surface area contributed by atoms with Crippen molar-refractivity contribution in [2.75, 3.05) is 12.4 Å². The highest BCUT2D eigenvalue weighted by Crippen LogP contribution is 2.20. The number of aryl methyl sites for hydroxylation is 1. The molecule has 0 aliphatic carbocycles. The molecule has 0 aliphatic heterocycles. The van der Waals surface area contributed by atoms with Gasteiger partial charge in [0.1, 0.15) is 11.6 Å². The van der Waals surface area contributed by atoms with Crippen LogP contribution in [0.1, 0.15) is 19.4 Å². The van der Waals surface area contributed by atoms with Gasteiger partial charge in [-0.25, -0.2) is 12.8 Å². The lowest BCUT2D eigenvalue weighted by Gasteiger charge is -2.20. The molecule has 0 amide bonds. The predicted octanol–water partition coefficient (Wildman–Crippen LogP) is 3.35. The van der Waals surface area contributed by atoms with Crippen molar-refractivity contribution in [1.29, 1.82) is 0 Å². The Bertz CT molecular complexity index is 529. The molecule has 0 saturated heterocycles. The monoisotopic (exact) mass is 308 g/mol. The second kappa shape index (κ2) is 6.57. The Kier molecular flexibility index (Phi) is 5.62. The lowest BCUT2D eigenvalue weighted by molar-refractivity contribution is 0.225. The Morgan fingerprint density at radius 1 is 1.37 bits per heavy atom. The van der Waals surface area contributed by atoms with Gasteiger partial charge in [0.2, 0.25) is 9.05 Å². The molecule has 1 aromatic rings. The van der Waals surface area contributed by atoms with Crippen molar-refractivity contribution in [2.24, 2.45) is 11.8 Å². The normalized spacial score (nSPS) is 13.6. The van der Waals surface area contributed by atoms with Gasteiger partial charge in [-0.15, -0.1) is 0 Å². The third-order valence-electron chi connectivity index (χ3n) is 2.95. The first-order valence-electron chi connectivity index (χ1n) is 6.00. The van der Waals surface area contributed by atoms with Crippen LogP contribution in [0.25, 0.3) is 0 Å².